The fraction of sp³-hybridized carbons (Fsp3) is 0.462. The Morgan fingerprint density at radius 2 is 1.76 bits per heavy atom. The molecule has 176 valence electrons. The van der Waals surface area contributed by atoms with Crippen molar-refractivity contribution < 1.29 is 14.3 Å². The second-order valence-electron chi connectivity index (χ2n) is 8.71. The minimum Gasteiger partial charge on any atom is -0.378 e. The van der Waals surface area contributed by atoms with E-state index in [-0.39, 0.29) is 11.8 Å². The van der Waals surface area contributed by atoms with Crippen LogP contribution in [0.1, 0.15) is 21.5 Å². The summed E-state index contributed by atoms with van der Waals surface area (Å²) in [6.45, 7) is 7.73. The summed E-state index contributed by atoms with van der Waals surface area (Å²) >= 11 is 0. The lowest BCUT2D eigenvalue weighted by molar-refractivity contribution is -0.127. The van der Waals surface area contributed by atoms with Crippen LogP contribution < -0.4 is 10.2 Å². The minimum atomic E-state index is -0.501. The highest BCUT2D eigenvalue weighted by Crippen LogP contribution is 2.26. The van der Waals surface area contributed by atoms with E-state index < -0.39 is 6.04 Å². The Kier molecular flexibility index (Phi) is 7.62. The number of likely N-dealkylation sites (N-methyl/N-ethyl adjacent to an activating group) is 1. The van der Waals surface area contributed by atoms with E-state index in [4.69, 9.17) is 4.74 Å². The lowest BCUT2D eigenvalue weighted by Gasteiger charge is -2.41. The number of benzene rings is 2. The number of anilines is 1. The molecule has 2 aromatic carbocycles. The number of hydrogen-bond donors (Lipinski definition) is 1. The average Bonchev–Trinajstić information content (AvgIpc) is 2.87. The van der Waals surface area contributed by atoms with Crippen LogP contribution in [-0.4, -0.2) is 87.2 Å². The van der Waals surface area contributed by atoms with Gasteiger partial charge in [-0.05, 0) is 36.6 Å². The molecule has 2 aliphatic rings. The summed E-state index contributed by atoms with van der Waals surface area (Å²) in [4.78, 5) is 32.7. The van der Waals surface area contributed by atoms with Crippen molar-refractivity contribution in [3.05, 3.63) is 65.2 Å². The third-order valence-electron chi connectivity index (χ3n) is 6.72. The van der Waals surface area contributed by atoms with E-state index in [1.807, 2.05) is 37.3 Å². The number of piperazine rings is 1. The van der Waals surface area contributed by atoms with Gasteiger partial charge >= 0.3 is 0 Å². The van der Waals surface area contributed by atoms with Crippen molar-refractivity contribution in [3.63, 3.8) is 0 Å². The Balaban J connectivity index is 1.49. The van der Waals surface area contributed by atoms with Gasteiger partial charge in [0.25, 0.3) is 5.91 Å². The van der Waals surface area contributed by atoms with Crippen molar-refractivity contribution in [3.8, 4) is 0 Å². The third kappa shape index (κ3) is 5.37. The standard InChI is InChI=1S/C26H34N4O3/c1-20-22(9-6-10-23(20)29-15-17-33-18-16-29)26(32)30-14-13-28(19-24(30)25(31)27-2)12-11-21-7-4-3-5-8-21/h3-10,24H,11-19H2,1-2H3,(H,27,31). The quantitative estimate of drug-likeness (QED) is 0.729. The SMILES string of the molecule is CNC(=O)C1CN(CCc2ccccc2)CCN1C(=O)c1cccc(N2CCOCC2)c1C. The van der Waals surface area contributed by atoms with Gasteiger partial charge in [-0.15, -0.1) is 0 Å². The third-order valence-corrected chi connectivity index (χ3v) is 6.72. The van der Waals surface area contributed by atoms with Crippen LogP contribution >= 0.6 is 0 Å². The van der Waals surface area contributed by atoms with Crippen molar-refractivity contribution >= 4 is 17.5 Å². The summed E-state index contributed by atoms with van der Waals surface area (Å²) in [7, 11) is 1.64. The fourth-order valence-electron chi connectivity index (χ4n) is 4.77. The van der Waals surface area contributed by atoms with Crippen molar-refractivity contribution in [1.29, 1.82) is 0 Å². The van der Waals surface area contributed by atoms with E-state index in [9.17, 15) is 9.59 Å². The number of amides is 2. The van der Waals surface area contributed by atoms with Crippen LogP contribution in [0.5, 0.6) is 0 Å². The van der Waals surface area contributed by atoms with Crippen molar-refractivity contribution in [2.75, 3.05) is 64.4 Å². The second kappa shape index (κ2) is 10.8. The van der Waals surface area contributed by atoms with E-state index in [1.165, 1.54) is 5.56 Å². The fourth-order valence-corrected chi connectivity index (χ4v) is 4.77. The molecule has 2 aromatic rings. The smallest absolute Gasteiger partial charge is 0.254 e. The number of hydrogen-bond acceptors (Lipinski definition) is 5. The molecule has 2 heterocycles. The molecule has 0 aromatic heterocycles. The van der Waals surface area contributed by atoms with Crippen molar-refractivity contribution in [2.24, 2.45) is 0 Å². The molecule has 7 heteroatoms. The molecule has 0 spiro atoms. The molecule has 4 rings (SSSR count). The monoisotopic (exact) mass is 450 g/mol. The zero-order valence-corrected chi connectivity index (χ0v) is 19.6. The Morgan fingerprint density at radius 3 is 2.48 bits per heavy atom. The number of nitrogens with one attached hydrogen (secondary N) is 1. The Hall–Kier alpha value is -2.90. The van der Waals surface area contributed by atoms with Crippen LogP contribution in [0.15, 0.2) is 48.5 Å². The molecule has 7 nitrogen and oxygen atoms in total. The molecule has 1 atom stereocenters. The van der Waals surface area contributed by atoms with Crippen molar-refractivity contribution in [2.45, 2.75) is 19.4 Å². The minimum absolute atomic E-state index is 0.0704. The van der Waals surface area contributed by atoms with E-state index in [0.29, 0.717) is 31.9 Å². The van der Waals surface area contributed by atoms with Crippen LogP contribution in [0, 0.1) is 6.92 Å². The molecule has 0 bridgehead atoms. The van der Waals surface area contributed by atoms with E-state index >= 15 is 0 Å². The molecular weight excluding hydrogens is 416 g/mol. The Bertz CT molecular complexity index is 959. The average molecular weight is 451 g/mol. The Labute approximate surface area is 196 Å². The molecule has 33 heavy (non-hydrogen) atoms. The lowest BCUT2D eigenvalue weighted by Crippen LogP contribution is -2.60. The zero-order chi connectivity index (χ0) is 23.2. The van der Waals surface area contributed by atoms with Gasteiger partial charge in [-0.25, -0.2) is 0 Å². The summed E-state index contributed by atoms with van der Waals surface area (Å²) in [5.74, 6) is -0.186. The number of rotatable bonds is 6. The number of carbonyl (C=O) groups excluding carboxylic acids is 2. The molecule has 1 unspecified atom stereocenters. The first kappa shape index (κ1) is 23.3. The van der Waals surface area contributed by atoms with Gasteiger partial charge in [0.05, 0.1) is 13.2 Å². The second-order valence-corrected chi connectivity index (χ2v) is 8.71. The van der Waals surface area contributed by atoms with Gasteiger partial charge in [-0.3, -0.25) is 14.5 Å². The first-order chi connectivity index (χ1) is 16.1. The van der Waals surface area contributed by atoms with Gasteiger partial charge in [0.1, 0.15) is 6.04 Å². The van der Waals surface area contributed by atoms with Crippen molar-refractivity contribution in [1.82, 2.24) is 15.1 Å². The summed E-state index contributed by atoms with van der Waals surface area (Å²) in [6.07, 6.45) is 0.927. The molecule has 2 saturated heterocycles. The lowest BCUT2D eigenvalue weighted by atomic mass is 10.0. The molecule has 1 N–H and O–H groups in total. The maximum absolute atomic E-state index is 13.7. The summed E-state index contributed by atoms with van der Waals surface area (Å²) in [6, 6.07) is 15.7. The van der Waals surface area contributed by atoms with Gasteiger partial charge in [-0.2, -0.15) is 0 Å². The maximum atomic E-state index is 13.7. The van der Waals surface area contributed by atoms with Gasteiger partial charge in [0, 0.05) is 57.6 Å². The highest BCUT2D eigenvalue weighted by Gasteiger charge is 2.36. The maximum Gasteiger partial charge on any atom is 0.254 e. The van der Waals surface area contributed by atoms with Crippen LogP contribution in [0.2, 0.25) is 0 Å². The van der Waals surface area contributed by atoms with E-state index in [0.717, 1.165) is 43.9 Å². The topological polar surface area (TPSA) is 65.1 Å². The predicted octanol–water partition coefficient (Wildman–Crippen LogP) is 1.95. The van der Waals surface area contributed by atoms with Gasteiger partial charge in [0.2, 0.25) is 5.91 Å². The molecule has 2 aliphatic heterocycles. The van der Waals surface area contributed by atoms with Crippen LogP contribution in [-0.2, 0) is 16.0 Å². The molecule has 2 fully saturated rings. The van der Waals surface area contributed by atoms with Crippen LogP contribution in [0.3, 0.4) is 0 Å². The van der Waals surface area contributed by atoms with Gasteiger partial charge in [0.15, 0.2) is 0 Å². The Morgan fingerprint density at radius 1 is 1.00 bits per heavy atom. The largest absolute Gasteiger partial charge is 0.378 e. The molecule has 0 aliphatic carbocycles. The summed E-state index contributed by atoms with van der Waals surface area (Å²) in [5, 5.41) is 2.76. The summed E-state index contributed by atoms with van der Waals surface area (Å²) in [5.41, 5.74) is 3.99. The normalized spacial score (nSPS) is 19.4. The number of carbonyl (C=O) groups is 2. The first-order valence-electron chi connectivity index (χ1n) is 11.8. The number of ether oxygens (including phenoxy) is 1. The van der Waals surface area contributed by atoms with Gasteiger partial charge in [-0.1, -0.05) is 36.4 Å². The van der Waals surface area contributed by atoms with Crippen LogP contribution in [0.25, 0.3) is 0 Å². The predicted molar refractivity (Wildman–Crippen MR) is 130 cm³/mol. The molecule has 2 amide bonds. The number of nitrogens with zero attached hydrogens (tertiary/aromatic N) is 3. The summed E-state index contributed by atoms with van der Waals surface area (Å²) < 4.78 is 5.48. The highest BCUT2D eigenvalue weighted by molar-refractivity contribution is 6.00. The van der Waals surface area contributed by atoms with E-state index in [2.05, 4.69) is 33.3 Å². The molecule has 0 saturated carbocycles. The zero-order valence-electron chi connectivity index (χ0n) is 19.6. The van der Waals surface area contributed by atoms with Gasteiger partial charge < -0.3 is 19.9 Å². The van der Waals surface area contributed by atoms with Crippen LogP contribution in [0.4, 0.5) is 5.69 Å². The first-order valence-corrected chi connectivity index (χ1v) is 11.8. The van der Waals surface area contributed by atoms with E-state index in [1.54, 1.807) is 11.9 Å². The highest BCUT2D eigenvalue weighted by atomic mass is 16.5. The molecular formula is C26H34N4O3. The molecule has 0 radical (unpaired) electrons. The number of morpholine rings is 1.